The molecule has 0 radical (unpaired) electrons. The maximum absolute atomic E-state index is 4.49. The van der Waals surface area contributed by atoms with Crippen LogP contribution in [-0.2, 0) is 6.54 Å². The Morgan fingerprint density at radius 3 is 2.84 bits per heavy atom. The van der Waals surface area contributed by atoms with Crippen molar-refractivity contribution in [2.75, 3.05) is 0 Å². The van der Waals surface area contributed by atoms with Crippen molar-refractivity contribution in [1.82, 2.24) is 14.8 Å². The van der Waals surface area contributed by atoms with E-state index in [0.29, 0.717) is 0 Å². The number of hydrogen-bond acceptors (Lipinski definition) is 2. The largest absolute Gasteiger partial charge is 0.272 e. The highest BCUT2D eigenvalue weighted by molar-refractivity contribution is 9.10. The Labute approximate surface area is 122 Å². The predicted molar refractivity (Wildman–Crippen MR) is 79.9 cm³/mol. The summed E-state index contributed by atoms with van der Waals surface area (Å²) in [5.41, 5.74) is 3.27. The third kappa shape index (κ3) is 2.89. The lowest BCUT2D eigenvalue weighted by atomic mass is 10.1. The molecule has 0 atom stereocenters. The van der Waals surface area contributed by atoms with E-state index in [-0.39, 0.29) is 0 Å². The molecule has 2 aromatic heterocycles. The van der Waals surface area contributed by atoms with Crippen molar-refractivity contribution in [1.29, 1.82) is 0 Å². The summed E-state index contributed by atoms with van der Waals surface area (Å²) in [6, 6.07) is 4.14. The van der Waals surface area contributed by atoms with Gasteiger partial charge in [-0.15, -0.1) is 0 Å². The van der Waals surface area contributed by atoms with Gasteiger partial charge in [-0.3, -0.25) is 4.68 Å². The molecule has 2 aromatic rings. The normalized spacial score (nSPS) is 16.1. The van der Waals surface area contributed by atoms with Crippen LogP contribution < -0.4 is 0 Å². The third-order valence-electron chi connectivity index (χ3n) is 3.85. The van der Waals surface area contributed by atoms with Crippen molar-refractivity contribution in [3.63, 3.8) is 0 Å². The van der Waals surface area contributed by atoms with Crippen LogP contribution in [0.5, 0.6) is 0 Å². The van der Waals surface area contributed by atoms with Crippen molar-refractivity contribution in [3.05, 3.63) is 34.8 Å². The molecule has 0 amide bonds. The van der Waals surface area contributed by atoms with Crippen LogP contribution in [0, 0.1) is 12.8 Å². The van der Waals surface area contributed by atoms with E-state index in [1.165, 1.54) is 25.7 Å². The smallest absolute Gasteiger partial charge is 0.114 e. The van der Waals surface area contributed by atoms with E-state index in [4.69, 9.17) is 0 Å². The quantitative estimate of drug-likeness (QED) is 0.793. The highest BCUT2D eigenvalue weighted by Crippen LogP contribution is 2.29. The maximum atomic E-state index is 4.49. The first-order valence-electron chi connectivity index (χ1n) is 6.88. The minimum Gasteiger partial charge on any atom is -0.272 e. The van der Waals surface area contributed by atoms with E-state index in [1.54, 1.807) is 0 Å². The van der Waals surface area contributed by atoms with Crippen LogP contribution in [0.15, 0.2) is 29.1 Å². The number of halogens is 1. The summed E-state index contributed by atoms with van der Waals surface area (Å²) < 4.78 is 2.98. The summed E-state index contributed by atoms with van der Waals surface area (Å²) in [5.74, 6) is 0.812. The van der Waals surface area contributed by atoms with Crippen molar-refractivity contribution in [3.8, 4) is 11.1 Å². The monoisotopic (exact) mass is 319 g/mol. The van der Waals surface area contributed by atoms with Gasteiger partial charge in [-0.2, -0.15) is 5.10 Å². The number of aryl methyl sites for hydroxylation is 1. The van der Waals surface area contributed by atoms with Gasteiger partial charge in [0.25, 0.3) is 0 Å². The molecule has 1 aliphatic rings. The minimum absolute atomic E-state index is 0.812. The fourth-order valence-corrected chi connectivity index (χ4v) is 3.44. The molecule has 0 aromatic carbocycles. The van der Waals surface area contributed by atoms with Crippen molar-refractivity contribution in [2.24, 2.45) is 5.92 Å². The second-order valence-electron chi connectivity index (χ2n) is 5.39. The highest BCUT2D eigenvalue weighted by atomic mass is 79.9. The SMILES string of the molecule is Cc1ccc(-c2cnn(CC3CCCC3)c2)c(Br)n1. The Balaban J connectivity index is 1.80. The summed E-state index contributed by atoms with van der Waals surface area (Å²) in [5, 5.41) is 4.49. The van der Waals surface area contributed by atoms with Crippen molar-refractivity contribution >= 4 is 15.9 Å². The molecular weight excluding hydrogens is 302 g/mol. The Morgan fingerprint density at radius 1 is 1.32 bits per heavy atom. The van der Waals surface area contributed by atoms with Gasteiger partial charge in [-0.1, -0.05) is 12.8 Å². The van der Waals surface area contributed by atoms with Gasteiger partial charge in [0, 0.05) is 29.6 Å². The first-order valence-corrected chi connectivity index (χ1v) is 7.67. The van der Waals surface area contributed by atoms with Gasteiger partial charge in [0.05, 0.1) is 6.20 Å². The molecule has 100 valence electrons. The Hall–Kier alpha value is -1.16. The lowest BCUT2D eigenvalue weighted by Gasteiger charge is -2.08. The second-order valence-corrected chi connectivity index (χ2v) is 6.14. The molecule has 0 bridgehead atoms. The van der Waals surface area contributed by atoms with E-state index in [1.807, 2.05) is 19.2 Å². The summed E-state index contributed by atoms with van der Waals surface area (Å²) in [6.45, 7) is 3.05. The molecule has 3 rings (SSSR count). The van der Waals surface area contributed by atoms with E-state index < -0.39 is 0 Å². The predicted octanol–water partition coefficient (Wildman–Crippen LogP) is 4.21. The molecule has 2 heterocycles. The average Bonchev–Trinajstić information content (AvgIpc) is 3.01. The molecular formula is C15H18BrN3. The van der Waals surface area contributed by atoms with Gasteiger partial charge in [0.15, 0.2) is 0 Å². The van der Waals surface area contributed by atoms with Gasteiger partial charge in [0.2, 0.25) is 0 Å². The molecule has 0 saturated heterocycles. The first-order chi connectivity index (χ1) is 9.22. The summed E-state index contributed by atoms with van der Waals surface area (Å²) in [7, 11) is 0. The summed E-state index contributed by atoms with van der Waals surface area (Å²) >= 11 is 3.53. The Bertz CT molecular complexity index is 571. The first kappa shape index (κ1) is 12.9. The molecule has 1 aliphatic carbocycles. The van der Waals surface area contributed by atoms with Crippen LogP contribution in [0.25, 0.3) is 11.1 Å². The number of hydrogen-bond donors (Lipinski definition) is 0. The number of aromatic nitrogens is 3. The zero-order valence-corrected chi connectivity index (χ0v) is 12.7. The molecule has 0 spiro atoms. The fraction of sp³-hybridized carbons (Fsp3) is 0.467. The van der Waals surface area contributed by atoms with Crippen LogP contribution in [0.4, 0.5) is 0 Å². The number of rotatable bonds is 3. The molecule has 0 unspecified atom stereocenters. The average molecular weight is 320 g/mol. The van der Waals surface area contributed by atoms with E-state index in [9.17, 15) is 0 Å². The van der Waals surface area contributed by atoms with Crippen LogP contribution in [0.1, 0.15) is 31.4 Å². The molecule has 19 heavy (non-hydrogen) atoms. The fourth-order valence-electron chi connectivity index (χ4n) is 2.80. The van der Waals surface area contributed by atoms with Gasteiger partial charge >= 0.3 is 0 Å². The van der Waals surface area contributed by atoms with Crippen LogP contribution in [0.2, 0.25) is 0 Å². The molecule has 3 nitrogen and oxygen atoms in total. The van der Waals surface area contributed by atoms with Crippen molar-refractivity contribution < 1.29 is 0 Å². The minimum atomic E-state index is 0.812. The summed E-state index contributed by atoms with van der Waals surface area (Å²) in [4.78, 5) is 4.44. The lowest BCUT2D eigenvalue weighted by Crippen LogP contribution is -2.07. The van der Waals surface area contributed by atoms with E-state index >= 15 is 0 Å². The van der Waals surface area contributed by atoms with Gasteiger partial charge < -0.3 is 0 Å². The van der Waals surface area contributed by atoms with Crippen LogP contribution in [0.3, 0.4) is 0 Å². The third-order valence-corrected chi connectivity index (χ3v) is 4.46. The van der Waals surface area contributed by atoms with Gasteiger partial charge in [0.1, 0.15) is 4.60 Å². The van der Waals surface area contributed by atoms with E-state index in [0.717, 1.165) is 33.9 Å². The standard InChI is InChI=1S/C15H18BrN3/c1-11-6-7-14(15(16)18-11)13-8-17-19(10-13)9-12-4-2-3-5-12/h6-8,10,12H,2-5,9H2,1H3. The van der Waals surface area contributed by atoms with Crippen molar-refractivity contribution in [2.45, 2.75) is 39.2 Å². The highest BCUT2D eigenvalue weighted by Gasteiger charge is 2.16. The van der Waals surface area contributed by atoms with Gasteiger partial charge in [-0.05, 0) is 53.7 Å². The van der Waals surface area contributed by atoms with Crippen LogP contribution in [-0.4, -0.2) is 14.8 Å². The zero-order valence-electron chi connectivity index (χ0n) is 11.1. The molecule has 1 fully saturated rings. The van der Waals surface area contributed by atoms with Crippen LogP contribution >= 0.6 is 15.9 Å². The van der Waals surface area contributed by atoms with Gasteiger partial charge in [-0.25, -0.2) is 4.98 Å². The maximum Gasteiger partial charge on any atom is 0.114 e. The number of nitrogens with zero attached hydrogens (tertiary/aromatic N) is 3. The van der Waals surface area contributed by atoms with E-state index in [2.05, 4.69) is 43.0 Å². The Kier molecular flexibility index (Phi) is 3.69. The topological polar surface area (TPSA) is 30.7 Å². The lowest BCUT2D eigenvalue weighted by molar-refractivity contribution is 0.429. The second kappa shape index (κ2) is 5.45. The number of pyridine rings is 1. The molecule has 0 N–H and O–H groups in total. The Morgan fingerprint density at radius 2 is 2.11 bits per heavy atom. The zero-order chi connectivity index (χ0) is 13.2. The summed E-state index contributed by atoms with van der Waals surface area (Å²) in [6.07, 6.45) is 9.54. The molecule has 4 heteroatoms. The molecule has 0 aliphatic heterocycles. The molecule has 1 saturated carbocycles.